The van der Waals surface area contributed by atoms with Gasteiger partial charge in [-0.05, 0) is 43.5 Å². The van der Waals surface area contributed by atoms with E-state index in [0.29, 0.717) is 12.1 Å². The van der Waals surface area contributed by atoms with Crippen molar-refractivity contribution < 1.29 is 9.13 Å². The Hall–Kier alpha value is -0.970. The van der Waals surface area contributed by atoms with E-state index in [4.69, 9.17) is 4.74 Å². The fraction of sp³-hybridized carbons (Fsp3) is 0.647. The Morgan fingerprint density at radius 1 is 1.38 bits per heavy atom. The van der Waals surface area contributed by atoms with Crippen molar-refractivity contribution in [3.8, 4) is 0 Å². The molecule has 1 aliphatic rings. The third-order valence-corrected chi connectivity index (χ3v) is 4.28. The molecule has 2 atom stereocenters. The second-order valence-corrected chi connectivity index (χ2v) is 5.76. The molecule has 0 aromatic heterocycles. The standard InChI is InChI=1S/C17H27FN2O/c1-3-17(14-6-8-15(18)9-7-14)20(11-12-21-2)13-16-5-4-10-19-16/h6-9,16-17,19H,3-5,10-13H2,1-2H3. The summed E-state index contributed by atoms with van der Waals surface area (Å²) in [4.78, 5) is 2.47. The van der Waals surface area contributed by atoms with E-state index >= 15 is 0 Å². The maximum Gasteiger partial charge on any atom is 0.123 e. The predicted molar refractivity (Wildman–Crippen MR) is 83.9 cm³/mol. The molecule has 0 aliphatic carbocycles. The van der Waals surface area contributed by atoms with Gasteiger partial charge < -0.3 is 10.1 Å². The van der Waals surface area contributed by atoms with Crippen LogP contribution in [0.25, 0.3) is 0 Å². The van der Waals surface area contributed by atoms with Crippen molar-refractivity contribution in [2.75, 3.05) is 33.4 Å². The minimum absolute atomic E-state index is 0.172. The van der Waals surface area contributed by atoms with Crippen LogP contribution >= 0.6 is 0 Å². The number of nitrogens with one attached hydrogen (secondary N) is 1. The summed E-state index contributed by atoms with van der Waals surface area (Å²) in [5, 5.41) is 3.56. The van der Waals surface area contributed by atoms with Crippen molar-refractivity contribution in [3.63, 3.8) is 0 Å². The fourth-order valence-electron chi connectivity index (χ4n) is 3.17. The molecule has 1 saturated heterocycles. The minimum Gasteiger partial charge on any atom is -0.383 e. The highest BCUT2D eigenvalue weighted by atomic mass is 19.1. The Balaban J connectivity index is 2.08. The van der Waals surface area contributed by atoms with E-state index < -0.39 is 0 Å². The molecular formula is C17H27FN2O. The summed E-state index contributed by atoms with van der Waals surface area (Å²) in [6.45, 7) is 5.97. The average Bonchev–Trinajstić information content (AvgIpc) is 3.00. The molecule has 0 amide bonds. The monoisotopic (exact) mass is 294 g/mol. The van der Waals surface area contributed by atoms with Gasteiger partial charge in [0.05, 0.1) is 6.61 Å². The Bertz CT molecular complexity index is 404. The highest BCUT2D eigenvalue weighted by Gasteiger charge is 2.23. The lowest BCUT2D eigenvalue weighted by Crippen LogP contribution is -2.41. The van der Waals surface area contributed by atoms with Crippen molar-refractivity contribution in [1.29, 1.82) is 0 Å². The minimum atomic E-state index is -0.172. The first-order valence-electron chi connectivity index (χ1n) is 7.96. The van der Waals surface area contributed by atoms with E-state index in [-0.39, 0.29) is 5.82 Å². The quantitative estimate of drug-likeness (QED) is 0.798. The lowest BCUT2D eigenvalue weighted by Gasteiger charge is -2.33. The van der Waals surface area contributed by atoms with Crippen molar-refractivity contribution >= 4 is 0 Å². The van der Waals surface area contributed by atoms with E-state index in [1.54, 1.807) is 19.2 Å². The van der Waals surface area contributed by atoms with Gasteiger partial charge >= 0.3 is 0 Å². The van der Waals surface area contributed by atoms with E-state index in [9.17, 15) is 4.39 Å². The number of rotatable bonds is 8. The zero-order valence-corrected chi connectivity index (χ0v) is 13.1. The highest BCUT2D eigenvalue weighted by molar-refractivity contribution is 5.20. The Kier molecular flexibility index (Phi) is 6.61. The van der Waals surface area contributed by atoms with E-state index in [1.807, 2.05) is 12.1 Å². The van der Waals surface area contributed by atoms with Crippen LogP contribution in [0, 0.1) is 5.82 Å². The smallest absolute Gasteiger partial charge is 0.123 e. The molecule has 21 heavy (non-hydrogen) atoms. The molecule has 4 heteroatoms. The molecule has 0 bridgehead atoms. The molecule has 118 valence electrons. The molecule has 1 aromatic carbocycles. The van der Waals surface area contributed by atoms with Crippen LogP contribution in [0.4, 0.5) is 4.39 Å². The molecule has 1 aromatic rings. The van der Waals surface area contributed by atoms with Crippen LogP contribution in [0.1, 0.15) is 37.8 Å². The summed E-state index contributed by atoms with van der Waals surface area (Å²) in [7, 11) is 1.74. The van der Waals surface area contributed by atoms with Gasteiger partial charge in [-0.25, -0.2) is 4.39 Å². The van der Waals surface area contributed by atoms with Gasteiger partial charge in [-0.3, -0.25) is 4.90 Å². The zero-order valence-electron chi connectivity index (χ0n) is 13.1. The van der Waals surface area contributed by atoms with E-state index in [0.717, 1.165) is 32.7 Å². The van der Waals surface area contributed by atoms with Gasteiger partial charge in [0.15, 0.2) is 0 Å². The zero-order chi connectivity index (χ0) is 15.1. The molecule has 1 aliphatic heterocycles. The molecule has 3 nitrogen and oxygen atoms in total. The van der Waals surface area contributed by atoms with Crippen LogP contribution in [-0.4, -0.2) is 44.3 Å². The lowest BCUT2D eigenvalue weighted by atomic mass is 10.0. The number of benzene rings is 1. The van der Waals surface area contributed by atoms with Crippen LogP contribution in [0.2, 0.25) is 0 Å². The lowest BCUT2D eigenvalue weighted by molar-refractivity contribution is 0.110. The topological polar surface area (TPSA) is 24.5 Å². The van der Waals surface area contributed by atoms with Crippen LogP contribution in [0.15, 0.2) is 24.3 Å². The van der Waals surface area contributed by atoms with Gasteiger partial charge in [0, 0.05) is 32.3 Å². The summed E-state index contributed by atoms with van der Waals surface area (Å²) in [5.74, 6) is -0.172. The summed E-state index contributed by atoms with van der Waals surface area (Å²) in [6, 6.07) is 7.82. The number of ether oxygens (including phenoxy) is 1. The highest BCUT2D eigenvalue weighted by Crippen LogP contribution is 2.25. The van der Waals surface area contributed by atoms with Gasteiger partial charge in [-0.1, -0.05) is 19.1 Å². The van der Waals surface area contributed by atoms with Crippen molar-refractivity contribution in [3.05, 3.63) is 35.6 Å². The summed E-state index contributed by atoms with van der Waals surface area (Å²) >= 11 is 0. The molecule has 0 radical (unpaired) electrons. The maximum absolute atomic E-state index is 13.1. The molecular weight excluding hydrogens is 267 g/mol. The van der Waals surface area contributed by atoms with Crippen molar-refractivity contribution in [1.82, 2.24) is 10.2 Å². The molecule has 2 rings (SSSR count). The number of methoxy groups -OCH3 is 1. The van der Waals surface area contributed by atoms with E-state index in [2.05, 4.69) is 17.1 Å². The van der Waals surface area contributed by atoms with Crippen LogP contribution in [-0.2, 0) is 4.74 Å². The van der Waals surface area contributed by atoms with Gasteiger partial charge in [0.2, 0.25) is 0 Å². The molecule has 2 unspecified atom stereocenters. The van der Waals surface area contributed by atoms with Gasteiger partial charge in [0.1, 0.15) is 5.82 Å². The third kappa shape index (κ3) is 4.77. The Labute approximate surface area is 127 Å². The number of halogens is 1. The van der Waals surface area contributed by atoms with Gasteiger partial charge in [0.25, 0.3) is 0 Å². The van der Waals surface area contributed by atoms with E-state index in [1.165, 1.54) is 18.4 Å². The molecule has 0 spiro atoms. The Morgan fingerprint density at radius 2 is 2.14 bits per heavy atom. The summed E-state index contributed by atoms with van der Waals surface area (Å²) in [6.07, 6.45) is 3.52. The fourth-order valence-corrected chi connectivity index (χ4v) is 3.17. The maximum atomic E-state index is 13.1. The second-order valence-electron chi connectivity index (χ2n) is 5.76. The molecule has 1 heterocycles. The second kappa shape index (κ2) is 8.47. The summed E-state index contributed by atoms with van der Waals surface area (Å²) < 4.78 is 18.4. The van der Waals surface area contributed by atoms with Crippen molar-refractivity contribution in [2.24, 2.45) is 0 Å². The van der Waals surface area contributed by atoms with Gasteiger partial charge in [-0.2, -0.15) is 0 Å². The number of nitrogens with zero attached hydrogens (tertiary/aromatic N) is 1. The Morgan fingerprint density at radius 3 is 2.71 bits per heavy atom. The largest absolute Gasteiger partial charge is 0.383 e. The number of hydrogen-bond acceptors (Lipinski definition) is 3. The third-order valence-electron chi connectivity index (χ3n) is 4.28. The normalized spacial score (nSPS) is 20.1. The first kappa shape index (κ1) is 16.4. The first-order chi connectivity index (χ1) is 10.2. The number of hydrogen-bond donors (Lipinski definition) is 1. The first-order valence-corrected chi connectivity index (χ1v) is 7.96. The van der Waals surface area contributed by atoms with Gasteiger partial charge in [-0.15, -0.1) is 0 Å². The average molecular weight is 294 g/mol. The van der Waals surface area contributed by atoms with Crippen LogP contribution in [0.5, 0.6) is 0 Å². The SMILES string of the molecule is CCC(c1ccc(F)cc1)N(CCOC)CC1CCCN1. The predicted octanol–water partition coefficient (Wildman–Crippen LogP) is 2.98. The molecule has 1 fully saturated rings. The van der Waals surface area contributed by atoms with Crippen LogP contribution < -0.4 is 5.32 Å². The molecule has 0 saturated carbocycles. The molecule has 1 N–H and O–H groups in total. The van der Waals surface area contributed by atoms with Crippen LogP contribution in [0.3, 0.4) is 0 Å². The van der Waals surface area contributed by atoms with Crippen molar-refractivity contribution in [2.45, 2.75) is 38.3 Å². The summed E-state index contributed by atoms with van der Waals surface area (Å²) in [5.41, 5.74) is 1.19.